The average molecular weight is 279 g/mol. The van der Waals surface area contributed by atoms with Gasteiger partial charge < -0.3 is 5.32 Å². The maximum absolute atomic E-state index is 13.2. The monoisotopic (exact) mass is 279 g/mol. The zero-order valence-electron chi connectivity index (χ0n) is 11.3. The molecule has 2 rings (SSSR count). The summed E-state index contributed by atoms with van der Waals surface area (Å²) in [6.45, 7) is 3.74. The highest BCUT2D eigenvalue weighted by Crippen LogP contribution is 2.21. The lowest BCUT2D eigenvalue weighted by Crippen LogP contribution is -2.22. The zero-order chi connectivity index (χ0) is 14.7. The molecular weight excluding hydrogens is 263 g/mol. The predicted octanol–water partition coefficient (Wildman–Crippen LogP) is 4.52. The molecule has 0 saturated carbocycles. The van der Waals surface area contributed by atoms with Crippen molar-refractivity contribution < 1.29 is 13.2 Å². The van der Waals surface area contributed by atoms with Crippen molar-refractivity contribution in [3.63, 3.8) is 0 Å². The first-order valence-electron chi connectivity index (χ1n) is 6.44. The van der Waals surface area contributed by atoms with Gasteiger partial charge in [-0.25, -0.2) is 13.2 Å². The van der Waals surface area contributed by atoms with E-state index < -0.39 is 11.6 Å². The van der Waals surface area contributed by atoms with Crippen LogP contribution in [0.25, 0.3) is 0 Å². The Bertz CT molecular complexity index is 598. The van der Waals surface area contributed by atoms with Gasteiger partial charge in [-0.2, -0.15) is 0 Å². The van der Waals surface area contributed by atoms with Gasteiger partial charge in [0.05, 0.1) is 0 Å². The first-order valence-corrected chi connectivity index (χ1v) is 6.44. The molecule has 2 aromatic rings. The van der Waals surface area contributed by atoms with Gasteiger partial charge in [-0.3, -0.25) is 0 Å². The highest BCUT2D eigenvalue weighted by Gasteiger charge is 2.13. The standard InChI is InChI=1S/C16H16F3N/c1-10(12-4-3-5-14(17)8-12)20-11(2)13-6-7-15(18)16(19)9-13/h3-11,20H,1-2H3/t10-,11?/m1/s1. The minimum Gasteiger partial charge on any atom is -0.304 e. The van der Waals surface area contributed by atoms with Crippen molar-refractivity contribution in [1.82, 2.24) is 5.32 Å². The molecule has 1 N–H and O–H groups in total. The summed E-state index contributed by atoms with van der Waals surface area (Å²) in [5.74, 6) is -2.02. The van der Waals surface area contributed by atoms with E-state index in [1.807, 2.05) is 19.9 Å². The Hall–Kier alpha value is -1.81. The quantitative estimate of drug-likeness (QED) is 0.868. The summed E-state index contributed by atoms with van der Waals surface area (Å²) in [6, 6.07) is 9.83. The molecule has 4 heteroatoms. The summed E-state index contributed by atoms with van der Waals surface area (Å²) in [5.41, 5.74) is 1.45. The van der Waals surface area contributed by atoms with Gasteiger partial charge in [-0.05, 0) is 49.2 Å². The van der Waals surface area contributed by atoms with E-state index in [-0.39, 0.29) is 17.9 Å². The van der Waals surface area contributed by atoms with Crippen LogP contribution in [0.4, 0.5) is 13.2 Å². The molecule has 2 aromatic carbocycles. The van der Waals surface area contributed by atoms with Crippen molar-refractivity contribution in [3.05, 3.63) is 71.0 Å². The average Bonchev–Trinajstić information content (AvgIpc) is 2.41. The minimum atomic E-state index is -0.866. The van der Waals surface area contributed by atoms with Gasteiger partial charge in [-0.1, -0.05) is 18.2 Å². The fraction of sp³-hybridized carbons (Fsp3) is 0.250. The Morgan fingerprint density at radius 2 is 1.45 bits per heavy atom. The topological polar surface area (TPSA) is 12.0 Å². The van der Waals surface area contributed by atoms with Gasteiger partial charge >= 0.3 is 0 Å². The predicted molar refractivity (Wildman–Crippen MR) is 72.7 cm³/mol. The van der Waals surface area contributed by atoms with Crippen LogP contribution < -0.4 is 5.32 Å². The Labute approximate surface area is 116 Å². The summed E-state index contributed by atoms with van der Waals surface area (Å²) in [6.07, 6.45) is 0. The van der Waals surface area contributed by atoms with Gasteiger partial charge in [-0.15, -0.1) is 0 Å². The first-order chi connectivity index (χ1) is 9.47. The van der Waals surface area contributed by atoms with Gasteiger partial charge in [0.15, 0.2) is 11.6 Å². The summed E-state index contributed by atoms with van der Waals surface area (Å²) in [5, 5.41) is 3.23. The fourth-order valence-corrected chi connectivity index (χ4v) is 2.13. The van der Waals surface area contributed by atoms with E-state index >= 15 is 0 Å². The molecule has 0 aliphatic carbocycles. The van der Waals surface area contributed by atoms with E-state index in [9.17, 15) is 13.2 Å². The summed E-state index contributed by atoms with van der Waals surface area (Å²) >= 11 is 0. The van der Waals surface area contributed by atoms with Crippen LogP contribution >= 0.6 is 0 Å². The van der Waals surface area contributed by atoms with Crippen LogP contribution in [-0.4, -0.2) is 0 Å². The highest BCUT2D eigenvalue weighted by atomic mass is 19.2. The smallest absolute Gasteiger partial charge is 0.159 e. The molecule has 0 heterocycles. The molecule has 1 unspecified atom stereocenters. The molecule has 20 heavy (non-hydrogen) atoms. The number of nitrogens with one attached hydrogen (secondary N) is 1. The largest absolute Gasteiger partial charge is 0.304 e. The summed E-state index contributed by atoms with van der Waals surface area (Å²) in [4.78, 5) is 0. The number of benzene rings is 2. The molecule has 0 fully saturated rings. The molecular formula is C16H16F3N. The van der Waals surface area contributed by atoms with Crippen LogP contribution in [-0.2, 0) is 0 Å². The molecule has 0 aromatic heterocycles. The van der Waals surface area contributed by atoms with Crippen molar-refractivity contribution in [2.45, 2.75) is 25.9 Å². The van der Waals surface area contributed by atoms with Gasteiger partial charge in [0, 0.05) is 12.1 Å². The van der Waals surface area contributed by atoms with Crippen LogP contribution in [0.2, 0.25) is 0 Å². The molecule has 0 saturated heterocycles. The lowest BCUT2D eigenvalue weighted by Gasteiger charge is -2.21. The third kappa shape index (κ3) is 3.39. The molecule has 0 bridgehead atoms. The number of hydrogen-bond donors (Lipinski definition) is 1. The van der Waals surface area contributed by atoms with Crippen LogP contribution in [0.5, 0.6) is 0 Å². The first kappa shape index (κ1) is 14.6. The molecule has 0 radical (unpaired) electrons. The fourth-order valence-electron chi connectivity index (χ4n) is 2.13. The molecule has 106 valence electrons. The molecule has 0 spiro atoms. The Balaban J connectivity index is 2.10. The molecule has 1 nitrogen and oxygen atoms in total. The van der Waals surface area contributed by atoms with Gasteiger partial charge in [0.25, 0.3) is 0 Å². The second-order valence-corrected chi connectivity index (χ2v) is 4.84. The summed E-state index contributed by atoms with van der Waals surface area (Å²) in [7, 11) is 0. The Morgan fingerprint density at radius 3 is 2.05 bits per heavy atom. The zero-order valence-corrected chi connectivity index (χ0v) is 11.3. The van der Waals surface area contributed by atoms with Crippen molar-refractivity contribution >= 4 is 0 Å². The number of hydrogen-bond acceptors (Lipinski definition) is 1. The van der Waals surface area contributed by atoms with Gasteiger partial charge in [0.2, 0.25) is 0 Å². The maximum atomic E-state index is 13.2. The lowest BCUT2D eigenvalue weighted by atomic mass is 10.0. The van der Waals surface area contributed by atoms with E-state index in [4.69, 9.17) is 0 Å². The number of rotatable bonds is 4. The Kier molecular flexibility index (Phi) is 4.45. The number of halogens is 3. The Morgan fingerprint density at radius 1 is 0.800 bits per heavy atom. The maximum Gasteiger partial charge on any atom is 0.159 e. The highest BCUT2D eigenvalue weighted by molar-refractivity contribution is 5.23. The van der Waals surface area contributed by atoms with E-state index in [0.29, 0.717) is 5.56 Å². The molecule has 0 aliphatic heterocycles. The van der Waals surface area contributed by atoms with Crippen molar-refractivity contribution in [3.8, 4) is 0 Å². The van der Waals surface area contributed by atoms with Gasteiger partial charge in [0.1, 0.15) is 5.82 Å². The second-order valence-electron chi connectivity index (χ2n) is 4.84. The normalized spacial score (nSPS) is 14.1. The van der Waals surface area contributed by atoms with Crippen molar-refractivity contribution in [2.75, 3.05) is 0 Å². The SMILES string of the molecule is CC(N[C@H](C)c1cccc(F)c1)c1ccc(F)c(F)c1. The molecule has 0 aliphatic rings. The third-order valence-corrected chi connectivity index (χ3v) is 3.29. The molecule has 2 atom stereocenters. The van der Waals surface area contributed by atoms with Crippen LogP contribution in [0.1, 0.15) is 37.1 Å². The van der Waals surface area contributed by atoms with Crippen LogP contribution in [0.15, 0.2) is 42.5 Å². The third-order valence-electron chi connectivity index (χ3n) is 3.29. The second kappa shape index (κ2) is 6.09. The van der Waals surface area contributed by atoms with Crippen LogP contribution in [0, 0.1) is 17.5 Å². The van der Waals surface area contributed by atoms with Crippen molar-refractivity contribution in [1.29, 1.82) is 0 Å². The van der Waals surface area contributed by atoms with Crippen molar-refractivity contribution in [2.24, 2.45) is 0 Å². The molecule has 0 amide bonds. The minimum absolute atomic E-state index is 0.103. The van der Waals surface area contributed by atoms with E-state index in [0.717, 1.165) is 11.6 Å². The summed E-state index contributed by atoms with van der Waals surface area (Å²) < 4.78 is 39.3. The van der Waals surface area contributed by atoms with E-state index in [1.54, 1.807) is 6.07 Å². The lowest BCUT2D eigenvalue weighted by molar-refractivity contribution is 0.478. The van der Waals surface area contributed by atoms with Crippen LogP contribution in [0.3, 0.4) is 0 Å². The van der Waals surface area contributed by atoms with E-state index in [1.165, 1.54) is 24.3 Å². The van der Waals surface area contributed by atoms with E-state index in [2.05, 4.69) is 5.32 Å².